The fourth-order valence-electron chi connectivity index (χ4n) is 2.97. The van der Waals surface area contributed by atoms with Gasteiger partial charge in [-0.3, -0.25) is 9.79 Å². The number of rotatable bonds is 12. The maximum atomic E-state index is 12.4. The molecule has 2 atom stereocenters. The monoisotopic (exact) mass is 319 g/mol. The lowest BCUT2D eigenvalue weighted by atomic mass is 9.86. The minimum absolute atomic E-state index is 0.0488. The molecule has 0 aliphatic heterocycles. The molecule has 0 bridgehead atoms. The number of carbonyl (C=O) groups excluding carboxylic acids is 1. The Labute approximate surface area is 144 Å². The van der Waals surface area contributed by atoms with Crippen molar-refractivity contribution in [3.8, 4) is 0 Å². The summed E-state index contributed by atoms with van der Waals surface area (Å²) in [6.45, 7) is 12.7. The molecule has 0 rings (SSSR count). The van der Waals surface area contributed by atoms with E-state index in [1.54, 1.807) is 0 Å². The minimum atomic E-state index is -0.0488. The van der Waals surface area contributed by atoms with Crippen molar-refractivity contribution in [1.29, 1.82) is 0 Å². The van der Waals surface area contributed by atoms with Crippen LogP contribution in [0.4, 0.5) is 0 Å². The SMILES string of the molecule is C/C=C(/N=C/C(=C\CC)CCC)C(CC(C)CCC)C(=O)CC. The third kappa shape index (κ3) is 8.88. The zero-order chi connectivity index (χ0) is 17.7. The topological polar surface area (TPSA) is 29.4 Å². The molecule has 0 amide bonds. The number of ketones is 1. The van der Waals surface area contributed by atoms with Crippen molar-refractivity contribution in [3.63, 3.8) is 0 Å². The second kappa shape index (κ2) is 13.3. The summed E-state index contributed by atoms with van der Waals surface area (Å²) in [5.74, 6) is 0.828. The maximum Gasteiger partial charge on any atom is 0.141 e. The first-order chi connectivity index (χ1) is 11.0. The molecule has 132 valence electrons. The molecule has 0 aromatic carbocycles. The number of nitrogens with zero attached hydrogens (tertiary/aromatic N) is 1. The Hall–Kier alpha value is -1.18. The molecule has 0 fully saturated rings. The zero-order valence-electron chi connectivity index (χ0n) is 16.2. The van der Waals surface area contributed by atoms with Crippen LogP contribution in [0.15, 0.2) is 28.4 Å². The van der Waals surface area contributed by atoms with Gasteiger partial charge in [0.15, 0.2) is 0 Å². The first-order valence-electron chi connectivity index (χ1n) is 9.45. The van der Waals surface area contributed by atoms with Gasteiger partial charge in [0.25, 0.3) is 0 Å². The highest BCUT2D eigenvalue weighted by atomic mass is 16.1. The Balaban J connectivity index is 5.22. The summed E-state index contributed by atoms with van der Waals surface area (Å²) in [6, 6.07) is 0. The lowest BCUT2D eigenvalue weighted by Gasteiger charge is -2.20. The molecule has 0 saturated carbocycles. The number of aliphatic imine (C=N–C) groups is 1. The van der Waals surface area contributed by atoms with Gasteiger partial charge in [0.2, 0.25) is 0 Å². The van der Waals surface area contributed by atoms with Gasteiger partial charge >= 0.3 is 0 Å². The Morgan fingerprint density at radius 3 is 2.30 bits per heavy atom. The van der Waals surface area contributed by atoms with Crippen LogP contribution in [-0.4, -0.2) is 12.0 Å². The van der Waals surface area contributed by atoms with E-state index in [2.05, 4.69) is 33.8 Å². The van der Waals surface area contributed by atoms with E-state index in [-0.39, 0.29) is 5.92 Å². The largest absolute Gasteiger partial charge is 0.299 e. The Bertz CT molecular complexity index is 418. The van der Waals surface area contributed by atoms with Crippen molar-refractivity contribution in [2.75, 3.05) is 0 Å². The predicted octanol–water partition coefficient (Wildman–Crippen LogP) is 6.52. The lowest BCUT2D eigenvalue weighted by Crippen LogP contribution is -2.18. The van der Waals surface area contributed by atoms with Crippen LogP contribution in [0.5, 0.6) is 0 Å². The van der Waals surface area contributed by atoms with Crippen LogP contribution < -0.4 is 0 Å². The first-order valence-corrected chi connectivity index (χ1v) is 9.45. The molecule has 0 N–H and O–H groups in total. The van der Waals surface area contributed by atoms with Crippen LogP contribution in [0.1, 0.15) is 86.5 Å². The molecule has 0 aliphatic rings. The van der Waals surface area contributed by atoms with Crippen LogP contribution >= 0.6 is 0 Å². The number of hydrogen-bond donors (Lipinski definition) is 0. The fourth-order valence-corrected chi connectivity index (χ4v) is 2.97. The normalized spacial score (nSPS) is 15.9. The van der Waals surface area contributed by atoms with E-state index in [4.69, 9.17) is 4.99 Å². The molecule has 0 aromatic heterocycles. The predicted molar refractivity (Wildman–Crippen MR) is 103 cm³/mol. The van der Waals surface area contributed by atoms with E-state index in [9.17, 15) is 4.79 Å². The van der Waals surface area contributed by atoms with Gasteiger partial charge in [0.1, 0.15) is 5.78 Å². The van der Waals surface area contributed by atoms with Gasteiger partial charge in [-0.2, -0.15) is 0 Å². The molecule has 23 heavy (non-hydrogen) atoms. The maximum absolute atomic E-state index is 12.4. The van der Waals surface area contributed by atoms with Crippen molar-refractivity contribution in [1.82, 2.24) is 0 Å². The fraction of sp³-hybridized carbons (Fsp3) is 0.714. The van der Waals surface area contributed by atoms with Crippen LogP contribution in [-0.2, 0) is 4.79 Å². The van der Waals surface area contributed by atoms with Crippen LogP contribution in [0.2, 0.25) is 0 Å². The molecule has 0 heterocycles. The molecule has 0 aliphatic carbocycles. The molecule has 0 radical (unpaired) electrons. The Morgan fingerprint density at radius 2 is 1.83 bits per heavy atom. The van der Waals surface area contributed by atoms with Crippen molar-refractivity contribution >= 4 is 12.0 Å². The Morgan fingerprint density at radius 1 is 1.13 bits per heavy atom. The van der Waals surface area contributed by atoms with Crippen LogP contribution in [0.25, 0.3) is 0 Å². The van der Waals surface area contributed by atoms with Gasteiger partial charge in [0.05, 0.1) is 5.92 Å². The second-order valence-corrected chi connectivity index (χ2v) is 6.41. The number of hydrogen-bond acceptors (Lipinski definition) is 2. The minimum Gasteiger partial charge on any atom is -0.299 e. The third-order valence-corrected chi connectivity index (χ3v) is 4.19. The highest BCUT2D eigenvalue weighted by Gasteiger charge is 2.22. The summed E-state index contributed by atoms with van der Waals surface area (Å²) in [7, 11) is 0. The molecule has 0 saturated heterocycles. The molecule has 0 spiro atoms. The molecule has 0 aromatic rings. The number of Topliss-reactive ketones (excluding diaryl/α,β-unsaturated/α-hetero) is 1. The van der Waals surface area contributed by atoms with Gasteiger partial charge in [-0.15, -0.1) is 0 Å². The Kier molecular flexibility index (Phi) is 12.6. The summed E-state index contributed by atoms with van der Waals surface area (Å²) in [5.41, 5.74) is 2.22. The van der Waals surface area contributed by atoms with Crippen molar-refractivity contribution < 1.29 is 4.79 Å². The number of carbonyl (C=O) groups is 1. The molecule has 2 heteroatoms. The van der Waals surface area contributed by atoms with E-state index in [0.29, 0.717) is 18.1 Å². The van der Waals surface area contributed by atoms with E-state index in [0.717, 1.165) is 31.4 Å². The summed E-state index contributed by atoms with van der Waals surface area (Å²) >= 11 is 0. The molecular weight excluding hydrogens is 282 g/mol. The van der Waals surface area contributed by atoms with Gasteiger partial charge in [-0.25, -0.2) is 0 Å². The van der Waals surface area contributed by atoms with E-state index < -0.39 is 0 Å². The zero-order valence-corrected chi connectivity index (χ0v) is 16.2. The third-order valence-electron chi connectivity index (χ3n) is 4.19. The molecule has 2 nitrogen and oxygen atoms in total. The van der Waals surface area contributed by atoms with Gasteiger partial charge in [-0.05, 0) is 37.7 Å². The molecule has 2 unspecified atom stereocenters. The van der Waals surface area contributed by atoms with Crippen LogP contribution in [0.3, 0.4) is 0 Å². The van der Waals surface area contributed by atoms with Crippen molar-refractivity contribution in [2.24, 2.45) is 16.8 Å². The quantitative estimate of drug-likeness (QED) is 0.376. The molecular formula is C21H37NO. The lowest BCUT2D eigenvalue weighted by molar-refractivity contribution is -0.122. The highest BCUT2D eigenvalue weighted by Crippen LogP contribution is 2.26. The summed E-state index contributed by atoms with van der Waals surface area (Å²) in [4.78, 5) is 17.1. The van der Waals surface area contributed by atoms with Crippen LogP contribution in [0, 0.1) is 11.8 Å². The van der Waals surface area contributed by atoms with E-state index >= 15 is 0 Å². The summed E-state index contributed by atoms with van der Waals surface area (Å²) < 4.78 is 0. The summed E-state index contributed by atoms with van der Waals surface area (Å²) in [6.07, 6.45) is 13.3. The highest BCUT2D eigenvalue weighted by molar-refractivity contribution is 5.85. The van der Waals surface area contributed by atoms with E-state index in [1.807, 2.05) is 26.1 Å². The first kappa shape index (κ1) is 21.8. The smallest absolute Gasteiger partial charge is 0.141 e. The average molecular weight is 320 g/mol. The standard InChI is InChI=1S/C21H37NO/c1-7-12-17(6)15-19(21(23)11-5)20(10-4)22-16-18(13-8-2)14-9-3/h10,13,16-17,19H,7-9,11-12,14-15H2,1-6H3/b18-13-,20-10+,22-16+. The number of allylic oxidation sites excluding steroid dienone is 4. The average Bonchev–Trinajstić information content (AvgIpc) is 2.54. The van der Waals surface area contributed by atoms with E-state index in [1.165, 1.54) is 18.4 Å². The van der Waals surface area contributed by atoms with Crippen molar-refractivity contribution in [2.45, 2.75) is 86.5 Å². The van der Waals surface area contributed by atoms with Crippen molar-refractivity contribution in [3.05, 3.63) is 23.4 Å². The second-order valence-electron chi connectivity index (χ2n) is 6.41. The van der Waals surface area contributed by atoms with Gasteiger partial charge < -0.3 is 0 Å². The van der Waals surface area contributed by atoms with Gasteiger partial charge in [0, 0.05) is 18.3 Å². The summed E-state index contributed by atoms with van der Waals surface area (Å²) in [5, 5.41) is 0. The van der Waals surface area contributed by atoms with Gasteiger partial charge in [-0.1, -0.05) is 66.0 Å².